The molecule has 0 unspecified atom stereocenters. The Morgan fingerprint density at radius 1 is 1.12 bits per heavy atom. The van der Waals surface area contributed by atoms with E-state index in [-0.39, 0.29) is 0 Å². The predicted molar refractivity (Wildman–Crippen MR) is 33.6 cm³/mol. The third kappa shape index (κ3) is 1.09. The van der Waals surface area contributed by atoms with E-state index < -0.39 is 0 Å². The summed E-state index contributed by atoms with van der Waals surface area (Å²) in [6.45, 7) is 4.06. The zero-order valence-electron chi connectivity index (χ0n) is 5.15. The summed E-state index contributed by atoms with van der Waals surface area (Å²) >= 11 is 0. The summed E-state index contributed by atoms with van der Waals surface area (Å²) in [6, 6.07) is 9.91. The molecule has 0 aliphatic heterocycles. The van der Waals surface area contributed by atoms with Crippen LogP contribution < -0.4 is 0 Å². The second kappa shape index (κ2) is 1.99. The molecule has 0 spiro atoms. The van der Waals surface area contributed by atoms with Gasteiger partial charge in [-0.1, -0.05) is 6.07 Å². The first-order chi connectivity index (χ1) is 3.79. The molecule has 1 aromatic carbocycles. The van der Waals surface area contributed by atoms with Gasteiger partial charge in [-0.25, -0.2) is 0 Å². The van der Waals surface area contributed by atoms with Gasteiger partial charge in [0.25, 0.3) is 0 Å². The zero-order chi connectivity index (χ0) is 5.98. The third-order valence-corrected chi connectivity index (χ3v) is 1.03. The average molecular weight is 104 g/mol. The molecule has 0 amide bonds. The van der Waals surface area contributed by atoms with Crippen molar-refractivity contribution in [3.05, 3.63) is 35.4 Å². The monoisotopic (exact) mass is 104 g/mol. The fourth-order valence-electron chi connectivity index (χ4n) is 0.672. The van der Waals surface area contributed by atoms with Crippen LogP contribution in [0.2, 0.25) is 0 Å². The molecule has 0 N–H and O–H groups in total. The van der Waals surface area contributed by atoms with E-state index in [2.05, 4.69) is 18.2 Å². The van der Waals surface area contributed by atoms with Crippen LogP contribution in [0, 0.1) is 26.0 Å². The Bertz CT molecular complexity index is 160. The number of aryl methyl sites for hydroxylation is 2. The average Bonchev–Trinajstić information content (AvgIpc) is 1.64. The van der Waals surface area contributed by atoms with Crippen LogP contribution in [0.15, 0.2) is 12.1 Å². The fourth-order valence-corrected chi connectivity index (χ4v) is 0.672. The van der Waals surface area contributed by atoms with Crippen molar-refractivity contribution < 1.29 is 0 Å². The molecular formula is C8H8. The molecule has 1 aromatic rings. The number of hydrogen-bond donors (Lipinski definition) is 0. The Hall–Kier alpha value is -0.780. The van der Waals surface area contributed by atoms with Crippen molar-refractivity contribution in [3.8, 4) is 0 Å². The number of hydrogen-bond acceptors (Lipinski definition) is 0. The summed E-state index contributed by atoms with van der Waals surface area (Å²) in [6.07, 6.45) is 0. The van der Waals surface area contributed by atoms with Crippen molar-refractivity contribution in [3.63, 3.8) is 0 Å². The van der Waals surface area contributed by atoms with Crippen LogP contribution in [0.1, 0.15) is 11.1 Å². The van der Waals surface area contributed by atoms with Crippen molar-refractivity contribution >= 4 is 0 Å². The van der Waals surface area contributed by atoms with Gasteiger partial charge in [0, 0.05) is 0 Å². The summed E-state index contributed by atoms with van der Waals surface area (Å²) in [5.41, 5.74) is 2.36. The van der Waals surface area contributed by atoms with Gasteiger partial charge in [0.15, 0.2) is 0 Å². The predicted octanol–water partition coefficient (Wildman–Crippen LogP) is 1.90. The maximum atomic E-state index is 3.02. The Morgan fingerprint density at radius 3 is 1.88 bits per heavy atom. The van der Waals surface area contributed by atoms with Gasteiger partial charge in [0.05, 0.1) is 0 Å². The lowest BCUT2D eigenvalue weighted by Gasteiger charge is -1.89. The minimum absolute atomic E-state index is 1.18. The fraction of sp³-hybridized carbons (Fsp3) is 0.250. The molecule has 0 fully saturated rings. The standard InChI is InChI=1S/C8H8/c1-7-4-3-5-8(2)6-7/h3,6H,1-2H3. The second-order valence-electron chi connectivity index (χ2n) is 1.94. The smallest absolute Gasteiger partial charge is 0.0145 e. The minimum atomic E-state index is 1.18. The van der Waals surface area contributed by atoms with Gasteiger partial charge in [-0.05, 0) is 43.2 Å². The number of rotatable bonds is 0. The highest BCUT2D eigenvalue weighted by atomic mass is 13.9. The number of benzene rings is 1. The van der Waals surface area contributed by atoms with Gasteiger partial charge in [-0.3, -0.25) is 0 Å². The Balaban J connectivity index is 3.08. The summed E-state index contributed by atoms with van der Waals surface area (Å²) in [7, 11) is 0. The molecule has 0 atom stereocenters. The molecule has 1 rings (SSSR count). The molecule has 0 aromatic heterocycles. The van der Waals surface area contributed by atoms with E-state index >= 15 is 0 Å². The van der Waals surface area contributed by atoms with E-state index in [0.717, 1.165) is 0 Å². The first-order valence-corrected chi connectivity index (χ1v) is 2.65. The largest absolute Gasteiger partial charge is 0.0551 e. The first kappa shape index (κ1) is 5.36. The highest BCUT2D eigenvalue weighted by Gasteiger charge is 1.82. The van der Waals surface area contributed by atoms with E-state index in [0.29, 0.717) is 0 Å². The van der Waals surface area contributed by atoms with Gasteiger partial charge in [0.1, 0.15) is 0 Å². The lowest BCUT2D eigenvalue weighted by molar-refractivity contribution is 1.37. The van der Waals surface area contributed by atoms with Crippen molar-refractivity contribution in [1.29, 1.82) is 0 Å². The Kier molecular flexibility index (Phi) is 1.34. The molecule has 0 nitrogen and oxygen atoms in total. The van der Waals surface area contributed by atoms with E-state index in [1.807, 2.05) is 19.9 Å². The van der Waals surface area contributed by atoms with Crippen LogP contribution in [-0.4, -0.2) is 0 Å². The summed E-state index contributed by atoms with van der Waals surface area (Å²) in [4.78, 5) is 0. The molecule has 0 aliphatic rings. The molecule has 2 radical (unpaired) electrons. The normalized spacial score (nSPS) is 9.25. The van der Waals surface area contributed by atoms with Crippen molar-refractivity contribution in [2.45, 2.75) is 13.8 Å². The molecule has 0 aliphatic carbocycles. The molecule has 0 saturated heterocycles. The maximum Gasteiger partial charge on any atom is -0.0145 e. The molecule has 0 saturated carbocycles. The Labute approximate surface area is 50.2 Å². The van der Waals surface area contributed by atoms with Gasteiger partial charge in [-0.15, -0.1) is 0 Å². The topological polar surface area (TPSA) is 0 Å². The minimum Gasteiger partial charge on any atom is -0.0551 e. The highest BCUT2D eigenvalue weighted by molar-refractivity contribution is 5.17. The van der Waals surface area contributed by atoms with E-state index in [1.54, 1.807) is 0 Å². The van der Waals surface area contributed by atoms with E-state index in [1.165, 1.54) is 11.1 Å². The van der Waals surface area contributed by atoms with Crippen LogP contribution in [0.4, 0.5) is 0 Å². The van der Waals surface area contributed by atoms with Gasteiger partial charge in [-0.2, -0.15) is 0 Å². The summed E-state index contributed by atoms with van der Waals surface area (Å²) < 4.78 is 0. The third-order valence-electron chi connectivity index (χ3n) is 1.03. The highest BCUT2D eigenvalue weighted by Crippen LogP contribution is 1.98. The van der Waals surface area contributed by atoms with Crippen molar-refractivity contribution in [2.24, 2.45) is 0 Å². The lowest BCUT2D eigenvalue weighted by Crippen LogP contribution is -1.73. The molecule has 0 heterocycles. The van der Waals surface area contributed by atoms with Crippen LogP contribution >= 0.6 is 0 Å². The van der Waals surface area contributed by atoms with E-state index in [4.69, 9.17) is 0 Å². The van der Waals surface area contributed by atoms with E-state index in [9.17, 15) is 0 Å². The second-order valence-corrected chi connectivity index (χ2v) is 1.94. The molecular weight excluding hydrogens is 96.1 g/mol. The molecule has 0 bridgehead atoms. The summed E-state index contributed by atoms with van der Waals surface area (Å²) in [5, 5.41) is 0. The SMILES string of the molecule is Cc1[c]c[c]c(C)c1. The van der Waals surface area contributed by atoms with Crippen LogP contribution in [-0.2, 0) is 0 Å². The lowest BCUT2D eigenvalue weighted by atomic mass is 10.2. The summed E-state index contributed by atoms with van der Waals surface area (Å²) in [5.74, 6) is 0. The molecule has 0 heteroatoms. The van der Waals surface area contributed by atoms with Crippen molar-refractivity contribution in [2.75, 3.05) is 0 Å². The quantitative estimate of drug-likeness (QED) is 0.471. The van der Waals surface area contributed by atoms with Gasteiger partial charge in [0.2, 0.25) is 0 Å². The first-order valence-electron chi connectivity index (χ1n) is 2.65. The maximum absolute atomic E-state index is 3.02. The molecule has 8 heavy (non-hydrogen) atoms. The van der Waals surface area contributed by atoms with Crippen molar-refractivity contribution in [1.82, 2.24) is 0 Å². The zero-order valence-corrected chi connectivity index (χ0v) is 5.15. The van der Waals surface area contributed by atoms with Crippen LogP contribution in [0.25, 0.3) is 0 Å². The van der Waals surface area contributed by atoms with Crippen LogP contribution in [0.5, 0.6) is 0 Å². The Morgan fingerprint density at radius 2 is 1.62 bits per heavy atom. The van der Waals surface area contributed by atoms with Gasteiger partial charge >= 0.3 is 0 Å². The van der Waals surface area contributed by atoms with Gasteiger partial charge < -0.3 is 0 Å². The van der Waals surface area contributed by atoms with Crippen LogP contribution in [0.3, 0.4) is 0 Å². The molecule has 40 valence electrons.